The Morgan fingerprint density at radius 3 is 2.80 bits per heavy atom. The van der Waals surface area contributed by atoms with Gasteiger partial charge in [-0.1, -0.05) is 18.2 Å². The summed E-state index contributed by atoms with van der Waals surface area (Å²) in [5.41, 5.74) is 3.58. The van der Waals surface area contributed by atoms with Crippen molar-refractivity contribution in [1.29, 1.82) is 0 Å². The van der Waals surface area contributed by atoms with Crippen molar-refractivity contribution in [2.45, 2.75) is 26.8 Å². The molecule has 1 aliphatic rings. The predicted molar refractivity (Wildman–Crippen MR) is 77.6 cm³/mol. The topological polar surface area (TPSA) is 38.8 Å². The first kappa shape index (κ1) is 15.0. The van der Waals surface area contributed by atoms with E-state index in [0.29, 0.717) is 13.0 Å². The molecule has 1 aromatic carbocycles. The largest absolute Gasteiger partial charge is 0.466 e. The smallest absolute Gasteiger partial charge is 0.310 e. The van der Waals surface area contributed by atoms with Crippen LogP contribution >= 0.6 is 0 Å². The molecule has 0 N–H and O–H groups in total. The number of hydrogen-bond donors (Lipinski definition) is 0. The van der Waals surface area contributed by atoms with Crippen LogP contribution in [0.1, 0.15) is 23.6 Å². The number of rotatable bonds is 5. The SMILES string of the molecule is CCOC(=O)Cc1ccc(C)c(CN2CCOCC2)c1. The summed E-state index contributed by atoms with van der Waals surface area (Å²) >= 11 is 0. The minimum absolute atomic E-state index is 0.159. The highest BCUT2D eigenvalue weighted by Crippen LogP contribution is 2.15. The fraction of sp³-hybridized carbons (Fsp3) is 0.562. The fourth-order valence-electron chi connectivity index (χ4n) is 2.38. The standard InChI is InChI=1S/C16H23NO3/c1-3-20-16(18)11-14-5-4-13(2)15(10-14)12-17-6-8-19-9-7-17/h4-5,10H,3,6-9,11-12H2,1-2H3. The Hall–Kier alpha value is -1.39. The van der Waals surface area contributed by atoms with Crippen LogP contribution in [-0.2, 0) is 27.2 Å². The fourth-order valence-corrected chi connectivity index (χ4v) is 2.38. The first-order valence-electron chi connectivity index (χ1n) is 7.23. The molecule has 1 aliphatic heterocycles. The van der Waals surface area contributed by atoms with E-state index in [1.807, 2.05) is 13.0 Å². The molecule has 1 saturated heterocycles. The van der Waals surface area contributed by atoms with Gasteiger partial charge in [-0.15, -0.1) is 0 Å². The van der Waals surface area contributed by atoms with Gasteiger partial charge in [0.05, 0.1) is 26.2 Å². The van der Waals surface area contributed by atoms with Crippen LogP contribution in [0.2, 0.25) is 0 Å². The average Bonchev–Trinajstić information content (AvgIpc) is 2.44. The Labute approximate surface area is 120 Å². The summed E-state index contributed by atoms with van der Waals surface area (Å²) < 4.78 is 10.4. The number of benzene rings is 1. The maximum absolute atomic E-state index is 11.5. The lowest BCUT2D eigenvalue weighted by molar-refractivity contribution is -0.142. The third-order valence-electron chi connectivity index (χ3n) is 3.56. The summed E-state index contributed by atoms with van der Waals surface area (Å²) in [5, 5.41) is 0. The van der Waals surface area contributed by atoms with Crippen LogP contribution in [0.25, 0.3) is 0 Å². The molecule has 110 valence electrons. The van der Waals surface area contributed by atoms with E-state index in [2.05, 4.69) is 24.0 Å². The molecule has 4 nitrogen and oxygen atoms in total. The second-order valence-electron chi connectivity index (χ2n) is 5.13. The molecule has 0 aliphatic carbocycles. The van der Waals surface area contributed by atoms with Crippen molar-refractivity contribution in [2.75, 3.05) is 32.9 Å². The van der Waals surface area contributed by atoms with Gasteiger partial charge in [-0.2, -0.15) is 0 Å². The summed E-state index contributed by atoms with van der Waals surface area (Å²) in [6.07, 6.45) is 0.351. The molecule has 1 aromatic rings. The molecule has 20 heavy (non-hydrogen) atoms. The van der Waals surface area contributed by atoms with Gasteiger partial charge in [-0.25, -0.2) is 0 Å². The highest BCUT2D eigenvalue weighted by atomic mass is 16.5. The normalized spacial score (nSPS) is 16.1. The predicted octanol–water partition coefficient (Wildman–Crippen LogP) is 1.93. The Balaban J connectivity index is 2.02. The van der Waals surface area contributed by atoms with Crippen LogP contribution in [0.4, 0.5) is 0 Å². The van der Waals surface area contributed by atoms with Gasteiger partial charge in [0.2, 0.25) is 0 Å². The molecule has 0 bridgehead atoms. The lowest BCUT2D eigenvalue weighted by Crippen LogP contribution is -2.35. The van der Waals surface area contributed by atoms with E-state index in [9.17, 15) is 4.79 Å². The molecule has 0 unspecified atom stereocenters. The van der Waals surface area contributed by atoms with Crippen molar-refractivity contribution in [3.05, 3.63) is 34.9 Å². The zero-order valence-electron chi connectivity index (χ0n) is 12.4. The highest BCUT2D eigenvalue weighted by Gasteiger charge is 2.13. The highest BCUT2D eigenvalue weighted by molar-refractivity contribution is 5.72. The molecule has 0 aromatic heterocycles. The summed E-state index contributed by atoms with van der Waals surface area (Å²) in [7, 11) is 0. The molecule has 2 rings (SSSR count). The Morgan fingerprint density at radius 1 is 1.35 bits per heavy atom. The molecule has 0 atom stereocenters. The van der Waals surface area contributed by atoms with Crippen molar-refractivity contribution < 1.29 is 14.3 Å². The molecule has 0 spiro atoms. The molecular formula is C16H23NO3. The second-order valence-corrected chi connectivity index (χ2v) is 5.13. The van der Waals surface area contributed by atoms with Crippen molar-refractivity contribution in [1.82, 2.24) is 4.90 Å². The number of ether oxygens (including phenoxy) is 2. The van der Waals surface area contributed by atoms with E-state index in [0.717, 1.165) is 38.4 Å². The van der Waals surface area contributed by atoms with Crippen molar-refractivity contribution in [3.63, 3.8) is 0 Å². The number of carbonyl (C=O) groups is 1. The molecule has 0 radical (unpaired) electrons. The lowest BCUT2D eigenvalue weighted by atomic mass is 10.0. The van der Waals surface area contributed by atoms with Crippen molar-refractivity contribution in [3.8, 4) is 0 Å². The summed E-state index contributed by atoms with van der Waals surface area (Å²) in [5.74, 6) is -0.159. The zero-order valence-corrected chi connectivity index (χ0v) is 12.4. The van der Waals surface area contributed by atoms with Gasteiger partial charge in [-0.05, 0) is 30.5 Å². The van der Waals surface area contributed by atoms with Crippen LogP contribution in [-0.4, -0.2) is 43.8 Å². The van der Waals surface area contributed by atoms with E-state index < -0.39 is 0 Å². The number of morpholine rings is 1. The van der Waals surface area contributed by atoms with E-state index in [1.165, 1.54) is 11.1 Å². The summed E-state index contributed by atoms with van der Waals surface area (Å²) in [6.45, 7) is 8.87. The van der Waals surface area contributed by atoms with Crippen LogP contribution in [0.3, 0.4) is 0 Å². The van der Waals surface area contributed by atoms with Gasteiger partial charge in [0, 0.05) is 19.6 Å². The third kappa shape index (κ3) is 4.32. The molecule has 1 fully saturated rings. The quantitative estimate of drug-likeness (QED) is 0.771. The minimum atomic E-state index is -0.159. The number of aryl methyl sites for hydroxylation is 1. The number of esters is 1. The van der Waals surface area contributed by atoms with Gasteiger partial charge < -0.3 is 9.47 Å². The molecule has 1 heterocycles. The minimum Gasteiger partial charge on any atom is -0.466 e. The third-order valence-corrected chi connectivity index (χ3v) is 3.56. The van der Waals surface area contributed by atoms with E-state index in [4.69, 9.17) is 9.47 Å². The van der Waals surface area contributed by atoms with Crippen LogP contribution in [0.15, 0.2) is 18.2 Å². The maximum atomic E-state index is 11.5. The second kappa shape index (κ2) is 7.41. The Bertz CT molecular complexity index is 453. The van der Waals surface area contributed by atoms with Crippen molar-refractivity contribution in [2.24, 2.45) is 0 Å². The monoisotopic (exact) mass is 277 g/mol. The Kier molecular flexibility index (Phi) is 5.56. The number of nitrogens with zero attached hydrogens (tertiary/aromatic N) is 1. The van der Waals surface area contributed by atoms with Gasteiger partial charge >= 0.3 is 5.97 Å². The Morgan fingerprint density at radius 2 is 2.10 bits per heavy atom. The van der Waals surface area contributed by atoms with Gasteiger partial charge in [0.25, 0.3) is 0 Å². The van der Waals surface area contributed by atoms with Gasteiger partial charge in [0.1, 0.15) is 0 Å². The van der Waals surface area contributed by atoms with Gasteiger partial charge in [0.15, 0.2) is 0 Å². The number of carbonyl (C=O) groups excluding carboxylic acids is 1. The van der Waals surface area contributed by atoms with E-state index in [1.54, 1.807) is 0 Å². The lowest BCUT2D eigenvalue weighted by Gasteiger charge is -2.27. The summed E-state index contributed by atoms with van der Waals surface area (Å²) in [4.78, 5) is 13.9. The summed E-state index contributed by atoms with van der Waals surface area (Å²) in [6, 6.07) is 6.22. The van der Waals surface area contributed by atoms with Crippen LogP contribution in [0.5, 0.6) is 0 Å². The zero-order chi connectivity index (χ0) is 14.4. The van der Waals surface area contributed by atoms with Crippen molar-refractivity contribution >= 4 is 5.97 Å². The van der Waals surface area contributed by atoms with E-state index in [-0.39, 0.29) is 5.97 Å². The van der Waals surface area contributed by atoms with Crippen LogP contribution < -0.4 is 0 Å². The van der Waals surface area contributed by atoms with E-state index >= 15 is 0 Å². The molecule has 0 saturated carbocycles. The first-order valence-corrected chi connectivity index (χ1v) is 7.23. The molecular weight excluding hydrogens is 254 g/mol. The van der Waals surface area contributed by atoms with Gasteiger partial charge in [-0.3, -0.25) is 9.69 Å². The van der Waals surface area contributed by atoms with Crippen LogP contribution in [0, 0.1) is 6.92 Å². The number of hydrogen-bond acceptors (Lipinski definition) is 4. The molecule has 0 amide bonds. The average molecular weight is 277 g/mol. The first-order chi connectivity index (χ1) is 9.69. The molecule has 4 heteroatoms. The maximum Gasteiger partial charge on any atom is 0.310 e.